The van der Waals surface area contributed by atoms with Gasteiger partial charge in [-0.3, -0.25) is 29.8 Å². The third-order valence-corrected chi connectivity index (χ3v) is 12.7. The van der Waals surface area contributed by atoms with Crippen LogP contribution in [-0.2, 0) is 35.4 Å². The van der Waals surface area contributed by atoms with Gasteiger partial charge in [-0.25, -0.2) is 0 Å². The molecule has 2 aliphatic heterocycles. The number of halogens is 2. The molecule has 330 valence electrons. The Balaban J connectivity index is 0.000000162. The number of carbonyl (C=O) groups excluding carboxylic acids is 2. The van der Waals surface area contributed by atoms with E-state index in [0.717, 1.165) is 72.4 Å². The van der Waals surface area contributed by atoms with E-state index in [0.29, 0.717) is 41.6 Å². The molecule has 1 amide bonds. The monoisotopic (exact) mass is 919 g/mol. The maximum atomic E-state index is 14.2. The van der Waals surface area contributed by atoms with E-state index in [4.69, 9.17) is 37.9 Å². The summed E-state index contributed by atoms with van der Waals surface area (Å²) in [5.74, 6) is 0.805. The lowest BCUT2D eigenvalue weighted by atomic mass is 9.95. The number of anilines is 1. The highest BCUT2D eigenvalue weighted by atomic mass is 35.5. The van der Waals surface area contributed by atoms with Gasteiger partial charge in [-0.05, 0) is 86.3 Å². The Morgan fingerprint density at radius 2 is 1.13 bits per heavy atom. The number of methoxy groups -OCH3 is 1. The summed E-state index contributed by atoms with van der Waals surface area (Å²) in [7, 11) is 1.64. The molecule has 12 heteroatoms. The van der Waals surface area contributed by atoms with Gasteiger partial charge < -0.3 is 9.64 Å². The minimum absolute atomic E-state index is 0.0731. The number of aromatic nitrogens is 4. The van der Waals surface area contributed by atoms with Crippen LogP contribution in [0.3, 0.4) is 0 Å². The Kier molecular flexibility index (Phi) is 12.3. The lowest BCUT2D eigenvalue weighted by molar-refractivity contribution is -0.120. The van der Waals surface area contributed by atoms with Crippen LogP contribution in [0.1, 0.15) is 44.5 Å². The van der Waals surface area contributed by atoms with Crippen molar-refractivity contribution in [2.45, 2.75) is 37.9 Å². The molecule has 0 bridgehead atoms. The molecule has 0 fully saturated rings. The number of nitrogens with zero attached hydrogens (tertiary/aromatic N) is 5. The number of carbonyl (C=O) groups is 2. The first kappa shape index (κ1) is 43.2. The summed E-state index contributed by atoms with van der Waals surface area (Å²) in [4.78, 5) is 39.1. The highest BCUT2D eigenvalue weighted by Crippen LogP contribution is 2.34. The molecule has 4 heterocycles. The molecule has 7 aromatic carbocycles. The molecule has 0 radical (unpaired) electrons. The lowest BCUT2D eigenvalue weighted by Gasteiger charge is -2.26. The number of hydrogen-bond donors (Lipinski definition) is 2. The molecule has 10 nitrogen and oxygen atoms in total. The summed E-state index contributed by atoms with van der Waals surface area (Å²) in [6, 6.07) is 47.0. The van der Waals surface area contributed by atoms with Gasteiger partial charge in [0.05, 0.1) is 43.2 Å². The van der Waals surface area contributed by atoms with Crippen molar-refractivity contribution in [2.75, 3.05) is 12.0 Å². The Bertz CT molecular complexity index is 3330. The number of rotatable bonds is 9. The van der Waals surface area contributed by atoms with Crippen LogP contribution in [0.4, 0.5) is 5.69 Å². The fourth-order valence-corrected chi connectivity index (χ4v) is 9.15. The summed E-state index contributed by atoms with van der Waals surface area (Å²) in [5.41, 5.74) is 9.62. The molecule has 0 aliphatic carbocycles. The van der Waals surface area contributed by atoms with E-state index in [2.05, 4.69) is 81.1 Å². The second-order valence-corrected chi connectivity index (χ2v) is 17.5. The standard InChI is InChI=1S/C31H25ClN4O2.C24H18ClN3O/c1-38-26-11-7-20(8-12-26)19-36-29-13-10-25(32)16-27(29)30(24-17-33-34-18-24)35-28(31(36)37)15-21-6-9-22-4-2-3-5-23(22)14-21;25-20-8-7-18-11-23(29)22(28-24(21(18)12-20)19-13-26-27-14-19)10-15-5-6-16-3-1-2-4-17(16)9-15/h2-14,16-18,28H,15,19H2,1H3,(H,33,34);1-9,12-14,22H,10-11H2,(H,26,27). The summed E-state index contributed by atoms with van der Waals surface area (Å²) in [6.07, 6.45) is 8.41. The van der Waals surface area contributed by atoms with Gasteiger partial charge in [-0.2, -0.15) is 10.2 Å². The fourth-order valence-electron chi connectivity index (χ4n) is 8.81. The SMILES string of the molecule is COc1ccc(CN2C(=O)C(Cc3ccc4ccccc4c3)N=C(c3cn[nH]c3)c3cc(Cl)ccc32)cc1.O=C1Cc2ccc(Cl)cc2C(c2cn[nH]c2)=NC1Cc1ccc2ccccc2c1. The first-order valence-electron chi connectivity index (χ1n) is 21.9. The van der Waals surface area contributed by atoms with Crippen molar-refractivity contribution in [3.63, 3.8) is 0 Å². The summed E-state index contributed by atoms with van der Waals surface area (Å²) in [5, 5.41) is 19.8. The van der Waals surface area contributed by atoms with E-state index in [9.17, 15) is 9.59 Å². The summed E-state index contributed by atoms with van der Waals surface area (Å²) >= 11 is 12.7. The molecular weight excluding hydrogens is 878 g/mol. The average Bonchev–Trinajstić information content (AvgIpc) is 4.07. The zero-order valence-electron chi connectivity index (χ0n) is 36.4. The molecule has 0 spiro atoms. The van der Waals surface area contributed by atoms with E-state index in [1.54, 1.807) is 31.9 Å². The van der Waals surface area contributed by atoms with Crippen molar-refractivity contribution in [1.82, 2.24) is 20.4 Å². The van der Waals surface area contributed by atoms with E-state index in [1.807, 2.05) is 89.8 Å². The van der Waals surface area contributed by atoms with Crippen LogP contribution in [0.25, 0.3) is 21.5 Å². The highest BCUT2D eigenvalue weighted by molar-refractivity contribution is 6.32. The number of Topliss-reactive ketones (excluding diaryl/α,β-unsaturated/α-hetero) is 1. The van der Waals surface area contributed by atoms with Gasteiger partial charge in [0.1, 0.15) is 17.8 Å². The molecule has 2 unspecified atom stereocenters. The van der Waals surface area contributed by atoms with E-state index in [1.165, 1.54) is 10.8 Å². The Morgan fingerprint density at radius 3 is 1.73 bits per heavy atom. The number of amides is 1. The number of H-pyrrole nitrogens is 2. The zero-order chi connectivity index (χ0) is 45.9. The smallest absolute Gasteiger partial charge is 0.252 e. The zero-order valence-corrected chi connectivity index (χ0v) is 37.9. The van der Waals surface area contributed by atoms with Crippen LogP contribution >= 0.6 is 23.2 Å². The molecule has 2 aliphatic rings. The van der Waals surface area contributed by atoms with Crippen LogP contribution in [0.5, 0.6) is 5.75 Å². The second kappa shape index (κ2) is 19.1. The molecule has 67 heavy (non-hydrogen) atoms. The average molecular weight is 921 g/mol. The van der Waals surface area contributed by atoms with E-state index < -0.39 is 12.1 Å². The molecule has 0 saturated heterocycles. The van der Waals surface area contributed by atoms with Gasteiger partial charge in [-0.15, -0.1) is 0 Å². The van der Waals surface area contributed by atoms with Crippen LogP contribution < -0.4 is 9.64 Å². The van der Waals surface area contributed by atoms with Crippen molar-refractivity contribution in [1.29, 1.82) is 0 Å². The van der Waals surface area contributed by atoms with E-state index in [-0.39, 0.29) is 11.7 Å². The largest absolute Gasteiger partial charge is 0.497 e. The quantitative estimate of drug-likeness (QED) is 0.149. The van der Waals surface area contributed by atoms with Crippen LogP contribution in [0.15, 0.2) is 180 Å². The first-order valence-corrected chi connectivity index (χ1v) is 22.7. The Labute approximate surface area is 397 Å². The van der Waals surface area contributed by atoms with Crippen LogP contribution in [-0.4, -0.2) is 62.7 Å². The number of ether oxygens (including phenoxy) is 1. The predicted molar refractivity (Wildman–Crippen MR) is 267 cm³/mol. The minimum atomic E-state index is -0.634. The molecule has 0 saturated carbocycles. The van der Waals surface area contributed by atoms with Crippen LogP contribution in [0.2, 0.25) is 10.0 Å². The van der Waals surface area contributed by atoms with Gasteiger partial charge in [0.15, 0.2) is 5.78 Å². The summed E-state index contributed by atoms with van der Waals surface area (Å²) in [6.45, 7) is 0.389. The molecule has 11 rings (SSSR count). The van der Waals surface area contributed by atoms with Gasteiger partial charge in [0, 0.05) is 64.0 Å². The van der Waals surface area contributed by atoms with Crippen molar-refractivity contribution >= 4 is 73.5 Å². The van der Waals surface area contributed by atoms with Crippen molar-refractivity contribution in [3.8, 4) is 5.75 Å². The normalized spacial score (nSPS) is 15.7. The predicted octanol–water partition coefficient (Wildman–Crippen LogP) is 11.0. The lowest BCUT2D eigenvalue weighted by Crippen LogP contribution is -2.38. The molecule has 2 atom stereocenters. The number of aromatic amines is 2. The maximum Gasteiger partial charge on any atom is 0.252 e. The van der Waals surface area contributed by atoms with Crippen molar-refractivity contribution in [3.05, 3.63) is 225 Å². The van der Waals surface area contributed by atoms with Gasteiger partial charge >= 0.3 is 0 Å². The Hall–Kier alpha value is -7.66. The Morgan fingerprint density at radius 1 is 0.597 bits per heavy atom. The molecule has 9 aromatic rings. The molecular formula is C55H43Cl2N7O3. The number of hydrogen-bond acceptors (Lipinski definition) is 7. The number of benzene rings is 7. The van der Waals surface area contributed by atoms with Gasteiger partial charge in [0.2, 0.25) is 0 Å². The molecule has 2 N–H and O–H groups in total. The first-order chi connectivity index (χ1) is 32.8. The van der Waals surface area contributed by atoms with Crippen LogP contribution in [0, 0.1) is 0 Å². The highest BCUT2D eigenvalue weighted by Gasteiger charge is 2.33. The second-order valence-electron chi connectivity index (χ2n) is 16.6. The van der Waals surface area contributed by atoms with Gasteiger partial charge in [-0.1, -0.05) is 126 Å². The fraction of sp³-hybridized carbons (Fsp3) is 0.127. The van der Waals surface area contributed by atoms with E-state index >= 15 is 0 Å². The molecule has 2 aromatic heterocycles. The topological polar surface area (TPSA) is 129 Å². The number of ketones is 1. The third-order valence-electron chi connectivity index (χ3n) is 12.2. The van der Waals surface area contributed by atoms with Gasteiger partial charge in [0.25, 0.3) is 5.91 Å². The minimum Gasteiger partial charge on any atom is -0.497 e. The number of fused-ring (bicyclic) bond motifs is 4. The third kappa shape index (κ3) is 9.40. The van der Waals surface area contributed by atoms with Crippen molar-refractivity contribution < 1.29 is 14.3 Å². The maximum absolute atomic E-state index is 14.2. The summed E-state index contributed by atoms with van der Waals surface area (Å²) < 4.78 is 5.32. The number of nitrogens with one attached hydrogen (secondary N) is 2. The number of aliphatic imine (C=N–C) groups is 2. The van der Waals surface area contributed by atoms with Crippen molar-refractivity contribution in [2.24, 2.45) is 9.98 Å². The number of benzodiazepines with no additional fused rings is 1.